The van der Waals surface area contributed by atoms with Crippen LogP contribution in [0.15, 0.2) is 24.3 Å². The Labute approximate surface area is 179 Å². The summed E-state index contributed by atoms with van der Waals surface area (Å²) in [6, 6.07) is 7.78. The molecule has 0 bridgehead atoms. The minimum absolute atomic E-state index is 0.116. The number of carbonyl (C=O) groups excluding carboxylic acids is 1. The highest BCUT2D eigenvalue weighted by Gasteiger charge is 2.27. The molecule has 6 heteroatoms. The number of ketones is 1. The molecule has 140 valence electrons. The predicted octanol–water partition coefficient (Wildman–Crippen LogP) is 6.22. The van der Waals surface area contributed by atoms with Gasteiger partial charge in [0.1, 0.15) is 5.15 Å². The van der Waals surface area contributed by atoms with Crippen molar-refractivity contribution in [1.29, 1.82) is 0 Å². The van der Waals surface area contributed by atoms with Crippen molar-refractivity contribution in [1.82, 2.24) is 4.98 Å². The summed E-state index contributed by atoms with van der Waals surface area (Å²) in [5.74, 6) is 0.360. The molecular weight excluding hydrogens is 481 g/mol. The third-order valence-corrected chi connectivity index (χ3v) is 5.21. The summed E-state index contributed by atoms with van der Waals surface area (Å²) in [5.41, 5.74) is 2.64. The van der Waals surface area contributed by atoms with Gasteiger partial charge in [-0.05, 0) is 84.5 Å². The number of hydrogen-bond acceptors (Lipinski definition) is 4. The molecule has 0 saturated heterocycles. The van der Waals surface area contributed by atoms with Crippen LogP contribution in [0.5, 0.6) is 0 Å². The Bertz CT molecular complexity index is 776. The lowest BCUT2D eigenvalue weighted by Crippen LogP contribution is -2.25. The number of rotatable bonds is 4. The molecule has 0 unspecified atom stereocenters. The van der Waals surface area contributed by atoms with Crippen molar-refractivity contribution in [3.8, 4) is 0 Å². The first-order chi connectivity index (χ1) is 12.5. The van der Waals surface area contributed by atoms with Gasteiger partial charge in [0.25, 0.3) is 0 Å². The molecule has 1 fully saturated rings. The Hall–Kier alpha value is -0.630. The maximum absolute atomic E-state index is 12.8. The van der Waals surface area contributed by atoms with Gasteiger partial charge in [0.05, 0.1) is 11.6 Å². The number of Topliss-reactive ketones (excluding diaryl/α,β-unsaturated/α-hetero) is 1. The summed E-state index contributed by atoms with van der Waals surface area (Å²) in [7, 11) is 1.75. The third-order valence-electron chi connectivity index (χ3n) is 4.88. The first-order valence-electron chi connectivity index (χ1n) is 8.74. The van der Waals surface area contributed by atoms with Gasteiger partial charge in [-0.15, -0.1) is 0 Å². The van der Waals surface area contributed by atoms with E-state index in [1.165, 1.54) is 0 Å². The number of aromatic nitrogens is 1. The van der Waals surface area contributed by atoms with Crippen molar-refractivity contribution < 1.29 is 9.53 Å². The number of pyridine rings is 1. The van der Waals surface area contributed by atoms with Crippen LogP contribution >= 0.6 is 46.4 Å². The van der Waals surface area contributed by atoms with Crippen LogP contribution in [0, 0.1) is 5.92 Å². The molecule has 2 aromatic rings. The van der Waals surface area contributed by atoms with Gasteiger partial charge in [-0.1, -0.05) is 30.7 Å². The highest BCUT2D eigenvalue weighted by molar-refractivity contribution is 14.1. The molecule has 3 rings (SSSR count). The van der Waals surface area contributed by atoms with Crippen LogP contribution in [-0.2, 0) is 11.2 Å². The van der Waals surface area contributed by atoms with E-state index in [2.05, 4.69) is 24.1 Å². The number of aryl methyl sites for hydroxylation is 1. The fourth-order valence-electron chi connectivity index (χ4n) is 3.39. The lowest BCUT2D eigenvalue weighted by atomic mass is 9.82. The summed E-state index contributed by atoms with van der Waals surface area (Å²) in [6.45, 7) is 2.05. The smallest absolute Gasteiger partial charge is 0.165 e. The molecule has 0 atom stereocenters. The lowest BCUT2D eigenvalue weighted by molar-refractivity contribution is 0.0519. The average molecular weight is 504 g/mol. The van der Waals surface area contributed by atoms with Crippen LogP contribution in [0.3, 0.4) is 0 Å². The van der Waals surface area contributed by atoms with E-state index in [9.17, 15) is 4.79 Å². The summed E-state index contributed by atoms with van der Waals surface area (Å²) < 4.78 is 6.94. The minimum Gasteiger partial charge on any atom is -0.381 e. The molecule has 1 saturated carbocycles. The number of thiocarbonyl (C=S) groups is 1. The van der Waals surface area contributed by atoms with E-state index in [0.717, 1.165) is 54.1 Å². The zero-order chi connectivity index (χ0) is 19.1. The maximum atomic E-state index is 12.8. The molecule has 26 heavy (non-hydrogen) atoms. The molecule has 1 heterocycles. The highest BCUT2D eigenvalue weighted by atomic mass is 127. The second kappa shape index (κ2) is 10.6. The van der Waals surface area contributed by atoms with Crippen molar-refractivity contribution in [2.24, 2.45) is 5.92 Å². The highest BCUT2D eigenvalue weighted by Crippen LogP contribution is 2.30. The molecule has 0 amide bonds. The Morgan fingerprint density at radius 3 is 2.58 bits per heavy atom. The van der Waals surface area contributed by atoms with Gasteiger partial charge in [0.2, 0.25) is 0 Å². The van der Waals surface area contributed by atoms with Crippen LogP contribution in [0.25, 0.3) is 10.9 Å². The first-order valence-corrected chi connectivity index (χ1v) is 10.8. The number of halogens is 2. The third kappa shape index (κ3) is 5.44. The van der Waals surface area contributed by atoms with Gasteiger partial charge in [-0.2, -0.15) is 0 Å². The fourth-order valence-corrected chi connectivity index (χ4v) is 3.67. The minimum atomic E-state index is 0.116. The Morgan fingerprint density at radius 1 is 1.35 bits per heavy atom. The van der Waals surface area contributed by atoms with Crippen molar-refractivity contribution in [3.05, 3.63) is 40.5 Å². The quantitative estimate of drug-likeness (QED) is 0.163. The van der Waals surface area contributed by atoms with Gasteiger partial charge in [-0.25, -0.2) is 4.98 Å². The monoisotopic (exact) mass is 503 g/mol. The number of methoxy groups -OCH3 is 1. The van der Waals surface area contributed by atoms with E-state index in [0.29, 0.717) is 11.3 Å². The lowest BCUT2D eigenvalue weighted by Gasteiger charge is -2.26. The number of carbonyl (C=O) groups is 1. The molecular formula is C20H23ClINO2S. The maximum Gasteiger partial charge on any atom is 0.165 e. The molecule has 0 aliphatic heterocycles. The SMILES string of the molecule is CCc1cc2cc(C(=O)C3CCC(OC)CC3)ccc2nc1Cl.S=CI. The molecule has 1 aliphatic carbocycles. The van der Waals surface area contributed by atoms with Gasteiger partial charge in [0.15, 0.2) is 5.78 Å². The first kappa shape index (κ1) is 21.7. The second-order valence-electron chi connectivity index (χ2n) is 6.36. The van der Waals surface area contributed by atoms with Gasteiger partial charge in [0, 0.05) is 27.4 Å². The van der Waals surface area contributed by atoms with E-state index >= 15 is 0 Å². The van der Waals surface area contributed by atoms with Crippen molar-refractivity contribution in [2.75, 3.05) is 7.11 Å². The van der Waals surface area contributed by atoms with Crippen LogP contribution in [0.4, 0.5) is 0 Å². The van der Waals surface area contributed by atoms with Gasteiger partial charge in [-0.3, -0.25) is 4.79 Å². The Kier molecular flexibility index (Phi) is 8.87. The number of ether oxygens (including phenoxy) is 1. The summed E-state index contributed by atoms with van der Waals surface area (Å²) in [6.07, 6.45) is 4.91. The van der Waals surface area contributed by atoms with Crippen LogP contribution in [0.2, 0.25) is 5.15 Å². The zero-order valence-electron chi connectivity index (χ0n) is 15.0. The Balaban J connectivity index is 0.000000758. The fraction of sp³-hybridized carbons (Fsp3) is 0.450. The summed E-state index contributed by atoms with van der Waals surface area (Å²) >= 11 is 12.4. The number of hydrogen-bond donors (Lipinski definition) is 0. The standard InChI is InChI=1S/C19H22ClNO2.CHIS/c1-3-12-10-15-11-14(6-9-17(15)21-19(12)20)18(22)13-4-7-16(23-2)8-5-13;2-1-3/h6,9-11,13,16H,3-5,7-8H2,1-2H3;1H. The molecule has 0 spiro atoms. The normalized spacial score (nSPS) is 19.5. The van der Waals surface area contributed by atoms with Crippen molar-refractivity contribution in [2.45, 2.75) is 45.1 Å². The van der Waals surface area contributed by atoms with E-state index < -0.39 is 0 Å². The van der Waals surface area contributed by atoms with E-state index in [1.54, 1.807) is 10.5 Å². The van der Waals surface area contributed by atoms with Gasteiger partial charge < -0.3 is 4.74 Å². The van der Waals surface area contributed by atoms with Crippen molar-refractivity contribution in [3.63, 3.8) is 0 Å². The molecule has 0 radical (unpaired) electrons. The molecule has 0 N–H and O–H groups in total. The molecule has 1 aliphatic rings. The molecule has 1 aromatic heterocycles. The van der Waals surface area contributed by atoms with E-state index in [-0.39, 0.29) is 11.7 Å². The predicted molar refractivity (Wildman–Crippen MR) is 121 cm³/mol. The zero-order valence-corrected chi connectivity index (χ0v) is 18.7. The average Bonchev–Trinajstić information content (AvgIpc) is 2.67. The summed E-state index contributed by atoms with van der Waals surface area (Å²) in [4.78, 5) is 17.2. The largest absolute Gasteiger partial charge is 0.381 e. The number of nitrogens with zero attached hydrogens (tertiary/aromatic N) is 1. The van der Waals surface area contributed by atoms with Crippen molar-refractivity contribution >= 4 is 66.5 Å². The second-order valence-corrected chi connectivity index (χ2v) is 8.42. The van der Waals surface area contributed by atoms with Gasteiger partial charge >= 0.3 is 0 Å². The number of benzene rings is 1. The molecule has 1 aromatic carbocycles. The topological polar surface area (TPSA) is 39.2 Å². The summed E-state index contributed by atoms with van der Waals surface area (Å²) in [5, 5.41) is 1.54. The molecule has 3 nitrogen and oxygen atoms in total. The van der Waals surface area contributed by atoms with Crippen LogP contribution < -0.4 is 0 Å². The van der Waals surface area contributed by atoms with Crippen LogP contribution in [0.1, 0.15) is 48.5 Å². The Morgan fingerprint density at radius 2 is 2.00 bits per heavy atom. The number of fused-ring (bicyclic) bond motifs is 1. The van der Waals surface area contributed by atoms with E-state index in [4.69, 9.17) is 16.3 Å². The van der Waals surface area contributed by atoms with E-state index in [1.807, 2.05) is 46.9 Å². The van der Waals surface area contributed by atoms with Crippen LogP contribution in [-0.4, -0.2) is 27.4 Å².